The zero-order chi connectivity index (χ0) is 18.7. The number of benzene rings is 2. The highest BCUT2D eigenvalue weighted by molar-refractivity contribution is 7.91. The van der Waals surface area contributed by atoms with Gasteiger partial charge in [-0.15, -0.1) is 0 Å². The first-order valence-corrected chi connectivity index (χ1v) is 10.2. The number of ketones is 1. The van der Waals surface area contributed by atoms with Gasteiger partial charge in [0.1, 0.15) is 0 Å². The maximum atomic E-state index is 12.4. The number of esters is 1. The summed E-state index contributed by atoms with van der Waals surface area (Å²) in [7, 11) is -3.58. The minimum Gasteiger partial charge on any atom is -0.465 e. The molecule has 0 saturated carbocycles. The van der Waals surface area contributed by atoms with E-state index in [0.717, 1.165) is 0 Å². The van der Waals surface area contributed by atoms with Gasteiger partial charge in [-0.2, -0.15) is 0 Å². The molecule has 0 N–H and O–H groups in total. The molecular weight excluding hydrogens is 376 g/mol. The first-order valence-electron chi connectivity index (χ1n) is 8.12. The number of hydrogen-bond donors (Lipinski definition) is 0. The summed E-state index contributed by atoms with van der Waals surface area (Å²) in [6.07, 6.45) is 0.586. The third-order valence-corrected chi connectivity index (χ3v) is 6.36. The van der Waals surface area contributed by atoms with E-state index in [1.807, 2.05) is 0 Å². The number of carbonyl (C=O) groups excluding carboxylic acids is 2. The van der Waals surface area contributed by atoms with E-state index in [2.05, 4.69) is 0 Å². The van der Waals surface area contributed by atoms with E-state index in [1.165, 1.54) is 12.1 Å². The lowest BCUT2D eigenvalue weighted by Gasteiger charge is -2.08. The number of carbonyl (C=O) groups is 2. The van der Waals surface area contributed by atoms with Crippen molar-refractivity contribution in [2.75, 3.05) is 12.4 Å². The largest absolute Gasteiger partial charge is 0.465 e. The Morgan fingerprint density at radius 1 is 1.08 bits per heavy atom. The maximum absolute atomic E-state index is 12.4. The molecule has 0 unspecified atom stereocenters. The SMILES string of the molecule is O=C(Cc1ccc(S(=O)(=O)C[C@H]2CCOC2=O)cc1)c1ccc(Cl)cc1. The molecule has 0 amide bonds. The minimum absolute atomic E-state index is 0.0778. The van der Waals surface area contributed by atoms with Gasteiger partial charge in [0.05, 0.1) is 23.2 Å². The van der Waals surface area contributed by atoms with Crippen molar-refractivity contribution >= 4 is 33.2 Å². The summed E-state index contributed by atoms with van der Waals surface area (Å²) >= 11 is 5.81. The van der Waals surface area contributed by atoms with Crippen LogP contribution in [0.4, 0.5) is 0 Å². The molecule has 3 rings (SSSR count). The summed E-state index contributed by atoms with van der Waals surface area (Å²) in [4.78, 5) is 23.9. The van der Waals surface area contributed by atoms with Crippen LogP contribution in [0.1, 0.15) is 22.3 Å². The van der Waals surface area contributed by atoms with Crippen LogP contribution in [0.25, 0.3) is 0 Å². The van der Waals surface area contributed by atoms with E-state index in [-0.39, 0.29) is 29.5 Å². The predicted molar refractivity (Wildman–Crippen MR) is 97.0 cm³/mol. The van der Waals surface area contributed by atoms with Gasteiger partial charge in [-0.05, 0) is 48.4 Å². The Hall–Kier alpha value is -2.18. The molecule has 2 aromatic carbocycles. The van der Waals surface area contributed by atoms with Crippen molar-refractivity contribution in [1.82, 2.24) is 0 Å². The number of cyclic esters (lactones) is 1. The molecule has 0 aromatic heterocycles. The van der Waals surface area contributed by atoms with Crippen LogP contribution in [0.15, 0.2) is 53.4 Å². The molecule has 0 bridgehead atoms. The smallest absolute Gasteiger partial charge is 0.310 e. The number of ether oxygens (including phenoxy) is 1. The molecule has 7 heteroatoms. The van der Waals surface area contributed by atoms with E-state index in [1.54, 1.807) is 36.4 Å². The zero-order valence-electron chi connectivity index (χ0n) is 13.9. The molecule has 1 aliphatic rings. The third kappa shape index (κ3) is 4.31. The first-order chi connectivity index (χ1) is 12.3. The van der Waals surface area contributed by atoms with Crippen LogP contribution in [0.2, 0.25) is 5.02 Å². The summed E-state index contributed by atoms with van der Waals surface area (Å²) in [5.74, 6) is -1.40. The summed E-state index contributed by atoms with van der Waals surface area (Å²) in [6.45, 7) is 0.269. The number of halogens is 1. The minimum atomic E-state index is -3.58. The highest BCUT2D eigenvalue weighted by Crippen LogP contribution is 2.22. The quantitative estimate of drug-likeness (QED) is 0.557. The van der Waals surface area contributed by atoms with Crippen molar-refractivity contribution in [2.24, 2.45) is 5.92 Å². The van der Waals surface area contributed by atoms with Crippen molar-refractivity contribution in [3.8, 4) is 0 Å². The second-order valence-corrected chi connectivity index (χ2v) is 8.66. The third-order valence-electron chi connectivity index (χ3n) is 4.28. The highest BCUT2D eigenvalue weighted by Gasteiger charge is 2.32. The van der Waals surface area contributed by atoms with Crippen molar-refractivity contribution in [1.29, 1.82) is 0 Å². The Labute approximate surface area is 156 Å². The van der Waals surface area contributed by atoms with Crippen LogP contribution in [-0.2, 0) is 25.8 Å². The van der Waals surface area contributed by atoms with E-state index >= 15 is 0 Å². The fourth-order valence-corrected chi connectivity index (χ4v) is 4.49. The molecular formula is C19H17ClO5S. The molecule has 26 heavy (non-hydrogen) atoms. The van der Waals surface area contributed by atoms with Crippen molar-refractivity contribution in [3.63, 3.8) is 0 Å². The van der Waals surface area contributed by atoms with Crippen molar-refractivity contribution in [2.45, 2.75) is 17.7 Å². The number of sulfone groups is 1. The molecule has 0 aliphatic carbocycles. The van der Waals surface area contributed by atoms with Gasteiger partial charge in [0.2, 0.25) is 0 Å². The van der Waals surface area contributed by atoms with Crippen LogP contribution < -0.4 is 0 Å². The van der Waals surface area contributed by atoms with Gasteiger partial charge < -0.3 is 4.74 Å². The topological polar surface area (TPSA) is 77.5 Å². The Balaban J connectivity index is 1.68. The first kappa shape index (κ1) is 18.6. The van der Waals surface area contributed by atoms with Gasteiger partial charge in [0, 0.05) is 17.0 Å². The molecule has 1 aliphatic heterocycles. The van der Waals surface area contributed by atoms with Gasteiger partial charge in [-0.25, -0.2) is 8.42 Å². The van der Waals surface area contributed by atoms with Crippen molar-refractivity contribution in [3.05, 3.63) is 64.7 Å². The molecule has 5 nitrogen and oxygen atoms in total. The zero-order valence-corrected chi connectivity index (χ0v) is 15.4. The lowest BCUT2D eigenvalue weighted by Crippen LogP contribution is -2.20. The molecule has 1 fully saturated rings. The molecule has 2 aromatic rings. The standard InChI is InChI=1S/C19H17ClO5S/c20-16-5-3-14(4-6-16)18(21)11-13-1-7-17(8-2-13)26(23,24)12-15-9-10-25-19(15)22/h1-8,15H,9-12H2/t15-/m1/s1. The Morgan fingerprint density at radius 3 is 2.31 bits per heavy atom. The van der Waals surface area contributed by atoms with E-state index in [0.29, 0.717) is 22.6 Å². The van der Waals surface area contributed by atoms with E-state index < -0.39 is 21.7 Å². The van der Waals surface area contributed by atoms with Gasteiger partial charge in [-0.3, -0.25) is 9.59 Å². The molecule has 0 radical (unpaired) electrons. The summed E-state index contributed by atoms with van der Waals surface area (Å²) in [6, 6.07) is 12.8. The van der Waals surface area contributed by atoms with Gasteiger partial charge >= 0.3 is 5.97 Å². The summed E-state index contributed by atoms with van der Waals surface area (Å²) in [5.41, 5.74) is 1.26. The Kier molecular flexibility index (Phi) is 5.44. The monoisotopic (exact) mass is 392 g/mol. The summed E-state index contributed by atoms with van der Waals surface area (Å²) < 4.78 is 29.7. The molecule has 1 saturated heterocycles. The van der Waals surface area contributed by atoms with E-state index in [4.69, 9.17) is 16.3 Å². The molecule has 1 heterocycles. The molecule has 1 atom stereocenters. The van der Waals surface area contributed by atoms with Gasteiger partial charge in [0.15, 0.2) is 15.6 Å². The van der Waals surface area contributed by atoms with E-state index in [9.17, 15) is 18.0 Å². The van der Waals surface area contributed by atoms with Crippen LogP contribution in [-0.4, -0.2) is 32.5 Å². The van der Waals surface area contributed by atoms with Crippen LogP contribution in [0.3, 0.4) is 0 Å². The number of Topliss-reactive ketones (excluding diaryl/α,β-unsaturated/α-hetero) is 1. The van der Waals surface area contributed by atoms with Gasteiger partial charge in [0.25, 0.3) is 0 Å². The lowest BCUT2D eigenvalue weighted by atomic mass is 10.0. The average molecular weight is 393 g/mol. The Morgan fingerprint density at radius 2 is 1.73 bits per heavy atom. The lowest BCUT2D eigenvalue weighted by molar-refractivity contribution is -0.140. The molecule has 136 valence electrons. The fourth-order valence-electron chi connectivity index (χ4n) is 2.79. The average Bonchev–Trinajstić information content (AvgIpc) is 3.00. The maximum Gasteiger partial charge on any atom is 0.310 e. The fraction of sp³-hybridized carbons (Fsp3) is 0.263. The summed E-state index contributed by atoms with van der Waals surface area (Å²) in [5, 5.41) is 0.558. The number of rotatable bonds is 6. The van der Waals surface area contributed by atoms with Crippen LogP contribution in [0.5, 0.6) is 0 Å². The normalized spacial score (nSPS) is 17.1. The Bertz CT molecular complexity index is 917. The molecule has 0 spiro atoms. The second-order valence-electron chi connectivity index (χ2n) is 6.19. The second kappa shape index (κ2) is 7.60. The highest BCUT2D eigenvalue weighted by atomic mass is 35.5. The van der Waals surface area contributed by atoms with Crippen molar-refractivity contribution < 1.29 is 22.7 Å². The van der Waals surface area contributed by atoms with Gasteiger partial charge in [-0.1, -0.05) is 23.7 Å². The predicted octanol–water partition coefficient (Wildman–Crippen LogP) is 3.10. The van der Waals surface area contributed by atoms with Crippen LogP contribution >= 0.6 is 11.6 Å². The van der Waals surface area contributed by atoms with Crippen LogP contribution in [0, 0.1) is 5.92 Å². The number of hydrogen-bond acceptors (Lipinski definition) is 5.